The number of hydrogen-bond acceptors (Lipinski definition) is 6. The van der Waals surface area contributed by atoms with Crippen molar-refractivity contribution >= 4 is 22.4 Å². The van der Waals surface area contributed by atoms with Crippen molar-refractivity contribution in [2.24, 2.45) is 0 Å². The summed E-state index contributed by atoms with van der Waals surface area (Å²) in [7, 11) is 1.63. The summed E-state index contributed by atoms with van der Waals surface area (Å²) < 4.78 is 0. The largest absolute Gasteiger partial charge is 0.374 e. The molecule has 0 radical (unpaired) electrons. The third kappa shape index (κ3) is 4.11. The van der Waals surface area contributed by atoms with Crippen LogP contribution in [0.4, 0.5) is 5.13 Å². The van der Waals surface area contributed by atoms with Gasteiger partial charge >= 0.3 is 0 Å². The molecule has 1 heterocycles. The third-order valence-corrected chi connectivity index (χ3v) is 2.76. The van der Waals surface area contributed by atoms with Gasteiger partial charge in [0.25, 0.3) is 0 Å². The van der Waals surface area contributed by atoms with Crippen LogP contribution in [-0.4, -0.2) is 41.1 Å². The highest BCUT2D eigenvalue weighted by Crippen LogP contribution is 2.13. The lowest BCUT2D eigenvalue weighted by molar-refractivity contribution is -0.121. The van der Waals surface area contributed by atoms with Crippen molar-refractivity contribution in [3.63, 3.8) is 0 Å². The van der Waals surface area contributed by atoms with Crippen LogP contribution in [0.15, 0.2) is 0 Å². The fourth-order valence-corrected chi connectivity index (χ4v) is 1.99. The third-order valence-electron chi connectivity index (χ3n) is 2.03. The van der Waals surface area contributed by atoms with E-state index < -0.39 is 0 Å². The minimum absolute atomic E-state index is 0.00550. The standard InChI is InChI=1S/C9H17N5OS/c1-3-4-14(5-7(15)11-2)6-8-12-13-9(10)16-8/h3-6H2,1-2H3,(H2,10,13)(H,11,15). The molecule has 0 unspecified atom stereocenters. The van der Waals surface area contributed by atoms with Crippen molar-refractivity contribution in [2.45, 2.75) is 19.9 Å². The molecule has 90 valence electrons. The topological polar surface area (TPSA) is 84.1 Å². The summed E-state index contributed by atoms with van der Waals surface area (Å²) in [5.41, 5.74) is 5.50. The van der Waals surface area contributed by atoms with Crippen molar-refractivity contribution < 1.29 is 4.79 Å². The van der Waals surface area contributed by atoms with Gasteiger partial charge in [-0.2, -0.15) is 0 Å². The van der Waals surface area contributed by atoms with Gasteiger partial charge in [0.15, 0.2) is 0 Å². The van der Waals surface area contributed by atoms with Crippen LogP contribution in [0.25, 0.3) is 0 Å². The molecule has 0 bridgehead atoms. The number of likely N-dealkylation sites (N-methyl/N-ethyl adjacent to an activating group) is 1. The lowest BCUT2D eigenvalue weighted by Crippen LogP contribution is -2.35. The number of carbonyl (C=O) groups is 1. The molecule has 0 saturated carbocycles. The van der Waals surface area contributed by atoms with E-state index in [2.05, 4.69) is 22.4 Å². The fraction of sp³-hybridized carbons (Fsp3) is 0.667. The van der Waals surface area contributed by atoms with Gasteiger partial charge in [0.1, 0.15) is 5.01 Å². The van der Waals surface area contributed by atoms with E-state index in [1.807, 2.05) is 4.90 Å². The van der Waals surface area contributed by atoms with E-state index in [0.29, 0.717) is 18.2 Å². The van der Waals surface area contributed by atoms with Gasteiger partial charge < -0.3 is 11.1 Å². The monoisotopic (exact) mass is 243 g/mol. The molecule has 1 amide bonds. The second kappa shape index (κ2) is 6.39. The molecule has 3 N–H and O–H groups in total. The molecule has 0 aliphatic rings. The highest BCUT2D eigenvalue weighted by atomic mass is 32.1. The Morgan fingerprint density at radius 2 is 2.31 bits per heavy atom. The number of nitrogen functional groups attached to an aromatic ring is 1. The predicted molar refractivity (Wildman–Crippen MR) is 64.0 cm³/mol. The highest BCUT2D eigenvalue weighted by molar-refractivity contribution is 7.15. The van der Waals surface area contributed by atoms with Crippen molar-refractivity contribution in [1.82, 2.24) is 20.4 Å². The van der Waals surface area contributed by atoms with Crippen LogP contribution in [0.1, 0.15) is 18.4 Å². The zero-order chi connectivity index (χ0) is 12.0. The van der Waals surface area contributed by atoms with Crippen molar-refractivity contribution in [2.75, 3.05) is 25.9 Å². The van der Waals surface area contributed by atoms with E-state index in [9.17, 15) is 4.79 Å². The summed E-state index contributed by atoms with van der Waals surface area (Å²) in [6, 6.07) is 0. The van der Waals surface area contributed by atoms with Gasteiger partial charge in [0, 0.05) is 7.05 Å². The zero-order valence-electron chi connectivity index (χ0n) is 9.56. The van der Waals surface area contributed by atoms with E-state index in [-0.39, 0.29) is 5.91 Å². The molecule has 0 aliphatic carbocycles. The van der Waals surface area contributed by atoms with Gasteiger partial charge in [-0.15, -0.1) is 10.2 Å². The van der Waals surface area contributed by atoms with Crippen molar-refractivity contribution in [1.29, 1.82) is 0 Å². The minimum Gasteiger partial charge on any atom is -0.374 e. The summed E-state index contributed by atoms with van der Waals surface area (Å²) in [5, 5.41) is 11.6. The maximum atomic E-state index is 11.3. The molecule has 0 atom stereocenters. The molecule has 0 aliphatic heterocycles. The Kier molecular flexibility index (Phi) is 5.13. The number of nitrogens with two attached hydrogens (primary N) is 1. The fourth-order valence-electron chi connectivity index (χ4n) is 1.33. The maximum absolute atomic E-state index is 11.3. The quantitative estimate of drug-likeness (QED) is 0.739. The Labute approximate surface area is 98.8 Å². The molecule has 1 aromatic rings. The lowest BCUT2D eigenvalue weighted by atomic mass is 10.4. The summed E-state index contributed by atoms with van der Waals surface area (Å²) in [6.45, 7) is 3.93. The number of hydrogen-bond donors (Lipinski definition) is 2. The SMILES string of the molecule is CCCN(CC(=O)NC)Cc1nnc(N)s1. The van der Waals surface area contributed by atoms with Crippen molar-refractivity contribution in [3.8, 4) is 0 Å². The second-order valence-corrected chi connectivity index (χ2v) is 4.51. The maximum Gasteiger partial charge on any atom is 0.233 e. The molecule has 0 aromatic carbocycles. The highest BCUT2D eigenvalue weighted by Gasteiger charge is 2.11. The lowest BCUT2D eigenvalue weighted by Gasteiger charge is -2.18. The van der Waals surface area contributed by atoms with E-state index in [1.165, 1.54) is 11.3 Å². The number of amides is 1. The number of nitrogens with one attached hydrogen (secondary N) is 1. The van der Waals surface area contributed by atoms with Crippen LogP contribution in [0.2, 0.25) is 0 Å². The van der Waals surface area contributed by atoms with E-state index >= 15 is 0 Å². The smallest absolute Gasteiger partial charge is 0.233 e. The first-order chi connectivity index (χ1) is 7.65. The van der Waals surface area contributed by atoms with Gasteiger partial charge in [-0.3, -0.25) is 9.69 Å². The number of rotatable bonds is 6. The molecule has 6 nitrogen and oxygen atoms in total. The van der Waals surface area contributed by atoms with Crippen molar-refractivity contribution in [3.05, 3.63) is 5.01 Å². The molecule has 1 aromatic heterocycles. The molecule has 1 rings (SSSR count). The molecular weight excluding hydrogens is 226 g/mol. The number of aromatic nitrogens is 2. The Bertz CT molecular complexity index is 340. The normalized spacial score (nSPS) is 10.7. The van der Waals surface area contributed by atoms with Gasteiger partial charge in [-0.05, 0) is 13.0 Å². The van der Waals surface area contributed by atoms with E-state index in [0.717, 1.165) is 18.0 Å². The van der Waals surface area contributed by atoms with Crippen LogP contribution in [0.5, 0.6) is 0 Å². The van der Waals surface area contributed by atoms with E-state index in [1.54, 1.807) is 7.05 Å². The second-order valence-electron chi connectivity index (χ2n) is 3.42. The Hall–Kier alpha value is -1.21. The Morgan fingerprint density at radius 1 is 1.56 bits per heavy atom. The average Bonchev–Trinajstić information content (AvgIpc) is 2.64. The minimum atomic E-state index is 0.00550. The number of anilines is 1. The van der Waals surface area contributed by atoms with Crippen LogP contribution >= 0.6 is 11.3 Å². The van der Waals surface area contributed by atoms with Crippen LogP contribution in [-0.2, 0) is 11.3 Å². The number of nitrogens with zero attached hydrogens (tertiary/aromatic N) is 3. The zero-order valence-corrected chi connectivity index (χ0v) is 10.4. The predicted octanol–water partition coefficient (Wildman–Crippen LogP) is 0.0783. The Balaban J connectivity index is 2.53. The Morgan fingerprint density at radius 3 is 2.81 bits per heavy atom. The first kappa shape index (κ1) is 12.9. The van der Waals surface area contributed by atoms with Gasteiger partial charge in [-0.1, -0.05) is 18.3 Å². The summed E-state index contributed by atoms with van der Waals surface area (Å²) in [5.74, 6) is 0.00550. The first-order valence-corrected chi connectivity index (χ1v) is 5.98. The summed E-state index contributed by atoms with van der Waals surface area (Å²) in [4.78, 5) is 13.3. The summed E-state index contributed by atoms with van der Waals surface area (Å²) in [6.07, 6.45) is 0.991. The van der Waals surface area contributed by atoms with Gasteiger partial charge in [0.05, 0.1) is 13.1 Å². The molecular formula is C9H17N5OS. The van der Waals surface area contributed by atoms with E-state index in [4.69, 9.17) is 5.73 Å². The van der Waals surface area contributed by atoms with Crippen LogP contribution < -0.4 is 11.1 Å². The first-order valence-electron chi connectivity index (χ1n) is 5.16. The summed E-state index contributed by atoms with van der Waals surface area (Å²) >= 11 is 1.36. The van der Waals surface area contributed by atoms with Crippen LogP contribution in [0.3, 0.4) is 0 Å². The molecule has 0 fully saturated rings. The van der Waals surface area contributed by atoms with Crippen LogP contribution in [0, 0.1) is 0 Å². The number of carbonyl (C=O) groups excluding carboxylic acids is 1. The van der Waals surface area contributed by atoms with Gasteiger partial charge in [-0.25, -0.2) is 0 Å². The molecule has 16 heavy (non-hydrogen) atoms. The molecule has 7 heteroatoms. The average molecular weight is 243 g/mol. The molecule has 0 saturated heterocycles. The van der Waals surface area contributed by atoms with Gasteiger partial charge in [0.2, 0.25) is 11.0 Å². The molecule has 0 spiro atoms.